The maximum Gasteiger partial charge on any atom is 0.247 e. The van der Waals surface area contributed by atoms with Crippen LogP contribution < -0.4 is 15.8 Å². The number of anilines is 2. The van der Waals surface area contributed by atoms with Crippen LogP contribution in [-0.4, -0.2) is 33.5 Å². The van der Waals surface area contributed by atoms with Crippen LogP contribution in [0.3, 0.4) is 0 Å². The van der Waals surface area contributed by atoms with Crippen molar-refractivity contribution < 1.29 is 9.53 Å². The number of amides is 1. The summed E-state index contributed by atoms with van der Waals surface area (Å²) < 4.78 is 6.62. The van der Waals surface area contributed by atoms with Crippen molar-refractivity contribution in [1.82, 2.24) is 14.8 Å². The summed E-state index contributed by atoms with van der Waals surface area (Å²) >= 11 is 7.25. The second kappa shape index (κ2) is 8.60. The Kier molecular flexibility index (Phi) is 6.50. The minimum Gasteiger partial charge on any atom is -0.495 e. The van der Waals surface area contributed by atoms with Gasteiger partial charge >= 0.3 is 0 Å². The van der Waals surface area contributed by atoms with Crippen LogP contribution in [0.5, 0.6) is 5.75 Å². The molecule has 0 bridgehead atoms. The zero-order valence-electron chi connectivity index (χ0n) is 13.7. The largest absolute Gasteiger partial charge is 0.495 e. The summed E-state index contributed by atoms with van der Waals surface area (Å²) in [4.78, 5) is 12.7. The number of nitrogens with one attached hydrogen (secondary N) is 1. The quantitative estimate of drug-likeness (QED) is 0.708. The summed E-state index contributed by atoms with van der Waals surface area (Å²) in [6.45, 7) is 1.85. The standard InChI is InChI=1S/C15H17ClN6O2S/c1-3-11(22-14(18)20-21-15(22)25-7-6-17)13(23)19-9-4-5-12(24-2)10(16)8-9/h4-5,8,11H,3,7H2,1-2H3,(H2,18,20)(H,19,23). The molecule has 1 aromatic heterocycles. The Morgan fingerprint density at radius 2 is 2.32 bits per heavy atom. The Hall–Kier alpha value is -2.44. The topological polar surface area (TPSA) is 119 Å². The van der Waals surface area contributed by atoms with Gasteiger partial charge in [-0.25, -0.2) is 0 Å². The molecule has 0 aliphatic rings. The van der Waals surface area contributed by atoms with Gasteiger partial charge in [0.05, 0.1) is 24.0 Å². The van der Waals surface area contributed by atoms with E-state index in [-0.39, 0.29) is 17.6 Å². The number of ether oxygens (including phenoxy) is 1. The highest BCUT2D eigenvalue weighted by Crippen LogP contribution is 2.29. The van der Waals surface area contributed by atoms with E-state index < -0.39 is 6.04 Å². The molecular weight excluding hydrogens is 364 g/mol. The highest BCUT2D eigenvalue weighted by Gasteiger charge is 2.25. The van der Waals surface area contributed by atoms with Gasteiger partial charge in [-0.3, -0.25) is 9.36 Å². The predicted octanol–water partition coefficient (Wildman–Crippen LogP) is 2.73. The molecule has 1 heterocycles. The number of nitrogens with two attached hydrogens (primary N) is 1. The minimum absolute atomic E-state index is 0.121. The molecule has 0 aliphatic heterocycles. The average molecular weight is 381 g/mol. The monoisotopic (exact) mass is 380 g/mol. The summed E-state index contributed by atoms with van der Waals surface area (Å²) in [5.41, 5.74) is 6.39. The van der Waals surface area contributed by atoms with Gasteiger partial charge in [-0.15, -0.1) is 10.2 Å². The molecule has 8 nitrogen and oxygen atoms in total. The number of carbonyl (C=O) groups is 1. The van der Waals surface area contributed by atoms with Crippen LogP contribution >= 0.6 is 23.4 Å². The maximum absolute atomic E-state index is 12.7. The molecule has 3 N–H and O–H groups in total. The molecule has 1 atom stereocenters. The number of aromatic nitrogens is 3. The first-order chi connectivity index (χ1) is 12.0. The summed E-state index contributed by atoms with van der Waals surface area (Å²) in [7, 11) is 1.52. The summed E-state index contributed by atoms with van der Waals surface area (Å²) in [6, 6.07) is 6.36. The van der Waals surface area contributed by atoms with E-state index in [1.807, 2.05) is 13.0 Å². The first-order valence-electron chi connectivity index (χ1n) is 7.36. The second-order valence-electron chi connectivity index (χ2n) is 4.92. The van der Waals surface area contributed by atoms with Crippen molar-refractivity contribution in [1.29, 1.82) is 5.26 Å². The van der Waals surface area contributed by atoms with Gasteiger partial charge in [0.15, 0.2) is 5.16 Å². The fourth-order valence-electron chi connectivity index (χ4n) is 2.23. The fraction of sp³-hybridized carbons (Fsp3) is 0.333. The van der Waals surface area contributed by atoms with Crippen molar-refractivity contribution in [3.05, 3.63) is 23.2 Å². The molecule has 2 aromatic rings. The molecule has 132 valence electrons. The van der Waals surface area contributed by atoms with Crippen molar-refractivity contribution in [3.8, 4) is 11.8 Å². The van der Waals surface area contributed by atoms with E-state index in [0.29, 0.717) is 28.0 Å². The van der Waals surface area contributed by atoms with Gasteiger partial charge in [0, 0.05) is 5.69 Å². The molecule has 2 rings (SSSR count). The Labute approximate surface area is 154 Å². The number of nitrogens with zero attached hydrogens (tertiary/aromatic N) is 4. The van der Waals surface area contributed by atoms with E-state index in [9.17, 15) is 4.79 Å². The van der Waals surface area contributed by atoms with Crippen LogP contribution in [0, 0.1) is 11.3 Å². The molecule has 0 aliphatic carbocycles. The molecule has 0 radical (unpaired) electrons. The van der Waals surface area contributed by atoms with Gasteiger partial charge in [0.2, 0.25) is 11.9 Å². The van der Waals surface area contributed by atoms with Gasteiger partial charge in [-0.2, -0.15) is 5.26 Å². The van der Waals surface area contributed by atoms with Gasteiger partial charge in [0.1, 0.15) is 11.8 Å². The van der Waals surface area contributed by atoms with Gasteiger partial charge in [0.25, 0.3) is 0 Å². The molecule has 25 heavy (non-hydrogen) atoms. The number of hydrogen-bond donors (Lipinski definition) is 2. The Bertz CT molecular complexity index is 804. The van der Waals surface area contributed by atoms with Crippen LogP contribution in [0.25, 0.3) is 0 Å². The van der Waals surface area contributed by atoms with Crippen molar-refractivity contribution in [2.24, 2.45) is 0 Å². The second-order valence-corrected chi connectivity index (χ2v) is 6.27. The van der Waals surface area contributed by atoms with Crippen molar-refractivity contribution in [2.75, 3.05) is 23.9 Å². The zero-order chi connectivity index (χ0) is 18.4. The molecule has 10 heteroatoms. The van der Waals surface area contributed by atoms with Crippen molar-refractivity contribution in [2.45, 2.75) is 24.5 Å². The molecule has 0 saturated carbocycles. The highest BCUT2D eigenvalue weighted by atomic mass is 35.5. The van der Waals surface area contributed by atoms with E-state index >= 15 is 0 Å². The number of nitrogen functional groups attached to an aromatic ring is 1. The van der Waals surface area contributed by atoms with E-state index in [1.165, 1.54) is 23.4 Å². The normalized spacial score (nSPS) is 11.6. The van der Waals surface area contributed by atoms with Crippen LogP contribution in [0.1, 0.15) is 19.4 Å². The number of benzene rings is 1. The van der Waals surface area contributed by atoms with Crippen LogP contribution in [-0.2, 0) is 4.79 Å². The third-order valence-corrected chi connectivity index (χ3v) is 4.48. The van der Waals surface area contributed by atoms with Gasteiger partial charge in [-0.1, -0.05) is 30.3 Å². The molecular formula is C15H17ClN6O2S. The Morgan fingerprint density at radius 3 is 2.92 bits per heavy atom. The van der Waals surface area contributed by atoms with Crippen molar-refractivity contribution >= 4 is 40.9 Å². The maximum atomic E-state index is 12.7. The van der Waals surface area contributed by atoms with E-state index in [2.05, 4.69) is 15.5 Å². The van der Waals surface area contributed by atoms with E-state index in [4.69, 9.17) is 27.3 Å². The van der Waals surface area contributed by atoms with Gasteiger partial charge < -0.3 is 15.8 Å². The van der Waals surface area contributed by atoms with Gasteiger partial charge in [-0.05, 0) is 24.6 Å². The Balaban J connectivity index is 2.23. The molecule has 0 saturated heterocycles. The van der Waals surface area contributed by atoms with Crippen LogP contribution in [0.15, 0.2) is 23.4 Å². The lowest BCUT2D eigenvalue weighted by Crippen LogP contribution is -2.27. The number of carbonyl (C=O) groups excluding carboxylic acids is 1. The molecule has 0 fully saturated rings. The molecule has 1 amide bonds. The molecule has 1 aromatic carbocycles. The lowest BCUT2D eigenvalue weighted by atomic mass is 10.2. The zero-order valence-corrected chi connectivity index (χ0v) is 15.3. The van der Waals surface area contributed by atoms with Crippen LogP contribution in [0.4, 0.5) is 11.6 Å². The molecule has 1 unspecified atom stereocenters. The smallest absolute Gasteiger partial charge is 0.247 e. The number of methoxy groups -OCH3 is 1. The average Bonchev–Trinajstić information content (AvgIpc) is 2.95. The highest BCUT2D eigenvalue weighted by molar-refractivity contribution is 7.99. The summed E-state index contributed by atoms with van der Waals surface area (Å²) in [5, 5.41) is 20.1. The van der Waals surface area contributed by atoms with E-state index in [0.717, 1.165) is 0 Å². The van der Waals surface area contributed by atoms with E-state index in [1.54, 1.807) is 18.2 Å². The first kappa shape index (κ1) is 18.9. The predicted molar refractivity (Wildman–Crippen MR) is 96.7 cm³/mol. The third-order valence-electron chi connectivity index (χ3n) is 3.38. The number of nitriles is 1. The summed E-state index contributed by atoms with van der Waals surface area (Å²) in [6.07, 6.45) is 0.470. The lowest BCUT2D eigenvalue weighted by molar-refractivity contribution is -0.119. The minimum atomic E-state index is -0.614. The lowest BCUT2D eigenvalue weighted by Gasteiger charge is -2.19. The fourth-order valence-corrected chi connectivity index (χ4v) is 3.14. The molecule has 0 spiro atoms. The SMILES string of the molecule is CCC(C(=O)Nc1ccc(OC)c(Cl)c1)n1c(N)nnc1SCC#N. The number of halogens is 1. The summed E-state index contributed by atoms with van der Waals surface area (Å²) in [5.74, 6) is 0.541. The number of rotatable bonds is 7. The third kappa shape index (κ3) is 4.35. The van der Waals surface area contributed by atoms with Crippen molar-refractivity contribution in [3.63, 3.8) is 0 Å². The van der Waals surface area contributed by atoms with Crippen LogP contribution in [0.2, 0.25) is 5.02 Å². The number of thioether (sulfide) groups is 1. The first-order valence-corrected chi connectivity index (χ1v) is 8.72. The number of hydrogen-bond acceptors (Lipinski definition) is 7. The Morgan fingerprint density at radius 1 is 1.56 bits per heavy atom.